The zero-order valence-corrected chi connectivity index (χ0v) is 8.17. The summed E-state index contributed by atoms with van der Waals surface area (Å²) in [5.41, 5.74) is 0. The standard InChI is InChI=1S/C10H18O2/c1-7(2)9(11)5-4-8(3)10-6-12-10/h7-8,10H,4-6H2,1-3H3. The molecule has 2 heteroatoms. The summed E-state index contributed by atoms with van der Waals surface area (Å²) in [4.78, 5) is 11.2. The fourth-order valence-corrected chi connectivity index (χ4v) is 1.23. The number of carbonyl (C=O) groups is 1. The second kappa shape index (κ2) is 4.04. The molecule has 1 rings (SSSR count). The second-order valence-electron chi connectivity index (χ2n) is 4.01. The van der Waals surface area contributed by atoms with Crippen molar-refractivity contribution >= 4 is 5.78 Å². The Labute approximate surface area is 74.3 Å². The molecule has 0 radical (unpaired) electrons. The number of carbonyl (C=O) groups excluding carboxylic acids is 1. The summed E-state index contributed by atoms with van der Waals surface area (Å²) in [6, 6.07) is 0. The van der Waals surface area contributed by atoms with E-state index in [9.17, 15) is 4.79 Å². The molecule has 0 saturated carbocycles. The van der Waals surface area contributed by atoms with E-state index in [0.717, 1.165) is 19.4 Å². The van der Waals surface area contributed by atoms with Gasteiger partial charge in [-0.1, -0.05) is 20.8 Å². The molecule has 0 bridgehead atoms. The molecule has 2 nitrogen and oxygen atoms in total. The molecule has 70 valence electrons. The van der Waals surface area contributed by atoms with Crippen LogP contribution in [0.25, 0.3) is 0 Å². The van der Waals surface area contributed by atoms with Crippen LogP contribution in [-0.4, -0.2) is 18.5 Å². The Morgan fingerprint density at radius 1 is 1.50 bits per heavy atom. The Hall–Kier alpha value is -0.370. The number of hydrogen-bond donors (Lipinski definition) is 0. The van der Waals surface area contributed by atoms with E-state index in [4.69, 9.17) is 4.74 Å². The first-order chi connectivity index (χ1) is 5.61. The van der Waals surface area contributed by atoms with Gasteiger partial charge in [0.2, 0.25) is 0 Å². The normalized spacial score (nSPS) is 24.2. The van der Waals surface area contributed by atoms with Crippen LogP contribution in [0, 0.1) is 11.8 Å². The maximum absolute atomic E-state index is 11.2. The SMILES string of the molecule is CC(C)C(=O)CCC(C)C1CO1. The number of hydrogen-bond acceptors (Lipinski definition) is 2. The first-order valence-electron chi connectivity index (χ1n) is 4.75. The average molecular weight is 170 g/mol. The van der Waals surface area contributed by atoms with Crippen LogP contribution in [0.2, 0.25) is 0 Å². The van der Waals surface area contributed by atoms with E-state index >= 15 is 0 Å². The summed E-state index contributed by atoms with van der Waals surface area (Å²) >= 11 is 0. The van der Waals surface area contributed by atoms with Gasteiger partial charge in [-0.25, -0.2) is 0 Å². The average Bonchev–Trinajstić information content (AvgIpc) is 2.81. The third kappa shape index (κ3) is 2.94. The summed E-state index contributed by atoms with van der Waals surface area (Å²) in [6.45, 7) is 6.98. The van der Waals surface area contributed by atoms with Crippen molar-refractivity contribution in [3.8, 4) is 0 Å². The lowest BCUT2D eigenvalue weighted by Crippen LogP contribution is -2.11. The van der Waals surface area contributed by atoms with Crippen molar-refractivity contribution in [2.45, 2.75) is 39.7 Å². The number of ketones is 1. The molecule has 1 heterocycles. The van der Waals surface area contributed by atoms with Gasteiger partial charge in [0.05, 0.1) is 12.7 Å². The maximum Gasteiger partial charge on any atom is 0.135 e. The summed E-state index contributed by atoms with van der Waals surface area (Å²) in [5.74, 6) is 1.13. The van der Waals surface area contributed by atoms with Gasteiger partial charge in [-0.3, -0.25) is 4.79 Å². The zero-order chi connectivity index (χ0) is 9.14. The van der Waals surface area contributed by atoms with Crippen LogP contribution in [0.1, 0.15) is 33.6 Å². The van der Waals surface area contributed by atoms with Crippen molar-refractivity contribution in [3.63, 3.8) is 0 Å². The smallest absolute Gasteiger partial charge is 0.135 e. The molecule has 0 aromatic rings. The van der Waals surface area contributed by atoms with Gasteiger partial charge in [0, 0.05) is 12.3 Å². The van der Waals surface area contributed by atoms with Crippen molar-refractivity contribution in [2.75, 3.05) is 6.61 Å². The van der Waals surface area contributed by atoms with Gasteiger partial charge in [-0.15, -0.1) is 0 Å². The highest BCUT2D eigenvalue weighted by Gasteiger charge is 2.29. The molecule has 1 aliphatic heterocycles. The molecule has 0 N–H and O–H groups in total. The number of ether oxygens (including phenoxy) is 1. The van der Waals surface area contributed by atoms with Crippen molar-refractivity contribution in [2.24, 2.45) is 11.8 Å². The van der Waals surface area contributed by atoms with Crippen molar-refractivity contribution in [1.82, 2.24) is 0 Å². The number of epoxide rings is 1. The highest BCUT2D eigenvalue weighted by molar-refractivity contribution is 5.80. The van der Waals surface area contributed by atoms with Gasteiger partial charge in [0.25, 0.3) is 0 Å². The van der Waals surface area contributed by atoms with E-state index < -0.39 is 0 Å². The fraction of sp³-hybridized carbons (Fsp3) is 0.900. The Balaban J connectivity index is 2.11. The van der Waals surface area contributed by atoms with Crippen LogP contribution in [0.3, 0.4) is 0 Å². The fourth-order valence-electron chi connectivity index (χ4n) is 1.23. The van der Waals surface area contributed by atoms with Crippen LogP contribution >= 0.6 is 0 Å². The topological polar surface area (TPSA) is 29.6 Å². The highest BCUT2D eigenvalue weighted by atomic mass is 16.6. The molecule has 0 aromatic carbocycles. The lowest BCUT2D eigenvalue weighted by molar-refractivity contribution is -0.122. The van der Waals surface area contributed by atoms with Crippen LogP contribution in [-0.2, 0) is 9.53 Å². The van der Waals surface area contributed by atoms with Gasteiger partial charge >= 0.3 is 0 Å². The predicted octanol–water partition coefficient (Wildman–Crippen LogP) is 2.03. The van der Waals surface area contributed by atoms with Crippen molar-refractivity contribution in [3.05, 3.63) is 0 Å². The minimum atomic E-state index is 0.192. The van der Waals surface area contributed by atoms with Crippen LogP contribution < -0.4 is 0 Å². The Bertz CT molecular complexity index is 159. The van der Waals surface area contributed by atoms with E-state index in [1.165, 1.54) is 0 Å². The summed E-state index contributed by atoms with van der Waals surface area (Å²) < 4.78 is 5.15. The van der Waals surface area contributed by atoms with Crippen LogP contribution in [0.5, 0.6) is 0 Å². The second-order valence-corrected chi connectivity index (χ2v) is 4.01. The van der Waals surface area contributed by atoms with Crippen LogP contribution in [0.4, 0.5) is 0 Å². The molecule has 1 aliphatic rings. The van der Waals surface area contributed by atoms with E-state index in [1.54, 1.807) is 0 Å². The zero-order valence-electron chi connectivity index (χ0n) is 8.17. The van der Waals surface area contributed by atoms with E-state index in [2.05, 4.69) is 6.92 Å². The molecule has 1 saturated heterocycles. The quantitative estimate of drug-likeness (QED) is 0.591. The number of rotatable bonds is 5. The van der Waals surface area contributed by atoms with Crippen molar-refractivity contribution in [1.29, 1.82) is 0 Å². The Morgan fingerprint density at radius 3 is 2.50 bits per heavy atom. The molecule has 0 aliphatic carbocycles. The third-order valence-electron chi connectivity index (χ3n) is 2.48. The Kier molecular flexibility index (Phi) is 3.27. The molecular formula is C10H18O2. The summed E-state index contributed by atoms with van der Waals surface area (Å²) in [7, 11) is 0. The minimum Gasteiger partial charge on any atom is -0.373 e. The van der Waals surface area contributed by atoms with Crippen LogP contribution in [0.15, 0.2) is 0 Å². The summed E-state index contributed by atoms with van der Waals surface area (Å²) in [5, 5.41) is 0. The van der Waals surface area contributed by atoms with Gasteiger partial charge < -0.3 is 4.74 Å². The predicted molar refractivity (Wildman–Crippen MR) is 48.0 cm³/mol. The summed E-state index contributed by atoms with van der Waals surface area (Å²) in [6.07, 6.45) is 2.16. The van der Waals surface area contributed by atoms with Gasteiger partial charge in [-0.2, -0.15) is 0 Å². The maximum atomic E-state index is 11.2. The first-order valence-corrected chi connectivity index (χ1v) is 4.75. The van der Waals surface area contributed by atoms with Gasteiger partial charge in [0.15, 0.2) is 0 Å². The molecule has 0 spiro atoms. The largest absolute Gasteiger partial charge is 0.373 e. The lowest BCUT2D eigenvalue weighted by atomic mass is 9.97. The van der Waals surface area contributed by atoms with Crippen molar-refractivity contribution < 1.29 is 9.53 Å². The number of Topliss-reactive ketones (excluding diaryl/α,β-unsaturated/α-hetero) is 1. The van der Waals surface area contributed by atoms with Gasteiger partial charge in [0.1, 0.15) is 5.78 Å². The molecule has 2 unspecified atom stereocenters. The molecule has 2 atom stereocenters. The monoisotopic (exact) mass is 170 g/mol. The lowest BCUT2D eigenvalue weighted by Gasteiger charge is -2.08. The highest BCUT2D eigenvalue weighted by Crippen LogP contribution is 2.24. The molecule has 12 heavy (non-hydrogen) atoms. The van der Waals surface area contributed by atoms with E-state index in [0.29, 0.717) is 17.8 Å². The minimum absolute atomic E-state index is 0.192. The van der Waals surface area contributed by atoms with E-state index in [1.807, 2.05) is 13.8 Å². The Morgan fingerprint density at radius 2 is 2.08 bits per heavy atom. The molecule has 0 aromatic heterocycles. The molecule has 0 amide bonds. The third-order valence-corrected chi connectivity index (χ3v) is 2.48. The van der Waals surface area contributed by atoms with Gasteiger partial charge in [-0.05, 0) is 12.3 Å². The molecular weight excluding hydrogens is 152 g/mol. The van der Waals surface area contributed by atoms with E-state index in [-0.39, 0.29) is 5.92 Å². The molecule has 1 fully saturated rings. The first kappa shape index (κ1) is 9.72.